The number of hydrogen-bond acceptors (Lipinski definition) is 5. The zero-order chi connectivity index (χ0) is 19.4. The Bertz CT molecular complexity index is 800. The standard InChI is InChI=1S/C21H26N2O4.ClH/c1-25-18-10-9-16(19(26-2)20(18)27-3)21(24)23-12-15(11-22)17(13-23)14-7-5-4-6-8-14;/h4-10,15,17H,11-13,22H2,1-3H3;1H/t15-,17+;/m1./s1. The predicted molar refractivity (Wildman–Crippen MR) is 111 cm³/mol. The van der Waals surface area contributed by atoms with Gasteiger partial charge in [-0.1, -0.05) is 30.3 Å². The molecule has 2 atom stereocenters. The summed E-state index contributed by atoms with van der Waals surface area (Å²) < 4.78 is 16.2. The molecule has 1 aliphatic heterocycles. The maximum Gasteiger partial charge on any atom is 0.257 e. The molecule has 2 N–H and O–H groups in total. The van der Waals surface area contributed by atoms with E-state index in [1.807, 2.05) is 23.1 Å². The number of likely N-dealkylation sites (tertiary alicyclic amines) is 1. The summed E-state index contributed by atoms with van der Waals surface area (Å²) >= 11 is 0. The second-order valence-corrected chi connectivity index (χ2v) is 6.60. The van der Waals surface area contributed by atoms with Crippen molar-refractivity contribution in [2.45, 2.75) is 5.92 Å². The van der Waals surface area contributed by atoms with E-state index in [1.54, 1.807) is 19.2 Å². The summed E-state index contributed by atoms with van der Waals surface area (Å²) in [7, 11) is 4.60. The number of hydrogen-bond donors (Lipinski definition) is 1. The van der Waals surface area contributed by atoms with Crippen molar-refractivity contribution in [1.82, 2.24) is 4.90 Å². The fraction of sp³-hybridized carbons (Fsp3) is 0.381. The van der Waals surface area contributed by atoms with Gasteiger partial charge >= 0.3 is 0 Å². The van der Waals surface area contributed by atoms with Crippen molar-refractivity contribution in [3.8, 4) is 17.2 Å². The van der Waals surface area contributed by atoms with Gasteiger partial charge in [-0.2, -0.15) is 0 Å². The van der Waals surface area contributed by atoms with Gasteiger partial charge in [0.2, 0.25) is 5.75 Å². The summed E-state index contributed by atoms with van der Waals surface area (Å²) in [6.45, 7) is 1.78. The van der Waals surface area contributed by atoms with Crippen LogP contribution in [0.2, 0.25) is 0 Å². The van der Waals surface area contributed by atoms with Crippen LogP contribution in [0.25, 0.3) is 0 Å². The van der Waals surface area contributed by atoms with Crippen molar-refractivity contribution in [1.29, 1.82) is 0 Å². The van der Waals surface area contributed by atoms with Crippen LogP contribution in [-0.2, 0) is 0 Å². The third-order valence-corrected chi connectivity index (χ3v) is 5.19. The molecule has 7 heteroatoms. The lowest BCUT2D eigenvalue weighted by Gasteiger charge is -2.20. The number of carbonyl (C=O) groups excluding carboxylic acids is 1. The Hall–Kier alpha value is -2.44. The zero-order valence-electron chi connectivity index (χ0n) is 16.4. The molecule has 1 fully saturated rings. The number of carbonyl (C=O) groups is 1. The van der Waals surface area contributed by atoms with E-state index in [0.29, 0.717) is 42.4 Å². The highest BCUT2D eigenvalue weighted by Crippen LogP contribution is 2.41. The summed E-state index contributed by atoms with van der Waals surface area (Å²) in [5, 5.41) is 0. The first-order valence-corrected chi connectivity index (χ1v) is 8.97. The number of benzene rings is 2. The van der Waals surface area contributed by atoms with Crippen molar-refractivity contribution < 1.29 is 19.0 Å². The molecule has 0 saturated carbocycles. The number of nitrogens with two attached hydrogens (primary N) is 1. The average molecular weight is 407 g/mol. The lowest BCUT2D eigenvalue weighted by Crippen LogP contribution is -2.30. The largest absolute Gasteiger partial charge is 0.493 e. The Balaban J connectivity index is 0.00000280. The maximum absolute atomic E-state index is 13.2. The summed E-state index contributed by atoms with van der Waals surface area (Å²) in [6, 6.07) is 13.7. The summed E-state index contributed by atoms with van der Waals surface area (Å²) in [6.07, 6.45) is 0. The minimum atomic E-state index is -0.0929. The van der Waals surface area contributed by atoms with Gasteiger partial charge in [0.1, 0.15) is 0 Å². The third-order valence-electron chi connectivity index (χ3n) is 5.19. The fourth-order valence-corrected chi connectivity index (χ4v) is 3.79. The monoisotopic (exact) mass is 406 g/mol. The van der Waals surface area contributed by atoms with Crippen LogP contribution in [-0.4, -0.2) is 51.8 Å². The van der Waals surface area contributed by atoms with Gasteiger partial charge in [0.05, 0.1) is 26.9 Å². The molecular weight excluding hydrogens is 380 g/mol. The van der Waals surface area contributed by atoms with E-state index in [4.69, 9.17) is 19.9 Å². The lowest BCUT2D eigenvalue weighted by atomic mass is 9.89. The molecule has 1 saturated heterocycles. The molecular formula is C21H27ClN2O4. The number of nitrogens with zero attached hydrogens (tertiary/aromatic N) is 1. The van der Waals surface area contributed by atoms with Crippen LogP contribution < -0.4 is 19.9 Å². The molecule has 1 heterocycles. The molecule has 0 aliphatic carbocycles. The highest BCUT2D eigenvalue weighted by atomic mass is 35.5. The van der Waals surface area contributed by atoms with Crippen molar-refractivity contribution >= 4 is 18.3 Å². The Morgan fingerprint density at radius 2 is 1.68 bits per heavy atom. The topological polar surface area (TPSA) is 74.0 Å². The van der Waals surface area contributed by atoms with Gasteiger partial charge in [0.25, 0.3) is 5.91 Å². The van der Waals surface area contributed by atoms with Crippen molar-refractivity contribution in [2.75, 3.05) is 41.0 Å². The van der Waals surface area contributed by atoms with E-state index in [2.05, 4.69) is 12.1 Å². The second kappa shape index (κ2) is 9.66. The van der Waals surface area contributed by atoms with Crippen LogP contribution in [0.15, 0.2) is 42.5 Å². The van der Waals surface area contributed by atoms with Gasteiger partial charge in [-0.15, -0.1) is 12.4 Å². The molecule has 0 unspecified atom stereocenters. The van der Waals surface area contributed by atoms with Crippen molar-refractivity contribution in [3.05, 3.63) is 53.6 Å². The Morgan fingerprint density at radius 1 is 1.00 bits per heavy atom. The molecule has 0 radical (unpaired) electrons. The van der Waals surface area contributed by atoms with Crippen LogP contribution in [0.3, 0.4) is 0 Å². The van der Waals surface area contributed by atoms with Crippen molar-refractivity contribution in [2.24, 2.45) is 11.7 Å². The number of halogens is 1. The minimum Gasteiger partial charge on any atom is -0.493 e. The first-order valence-electron chi connectivity index (χ1n) is 8.97. The lowest BCUT2D eigenvalue weighted by molar-refractivity contribution is 0.0782. The SMILES string of the molecule is COc1ccc(C(=O)N2C[C@@H](CN)[C@H](c3ccccc3)C2)c(OC)c1OC.Cl. The number of rotatable bonds is 6. The van der Waals surface area contributed by atoms with E-state index in [9.17, 15) is 4.79 Å². The van der Waals surface area contributed by atoms with Gasteiger partial charge in [-0.25, -0.2) is 0 Å². The van der Waals surface area contributed by atoms with Gasteiger partial charge in [-0.3, -0.25) is 4.79 Å². The zero-order valence-corrected chi connectivity index (χ0v) is 17.2. The second-order valence-electron chi connectivity index (χ2n) is 6.60. The van der Waals surface area contributed by atoms with Gasteiger partial charge in [-0.05, 0) is 30.2 Å². The summed E-state index contributed by atoms with van der Waals surface area (Å²) in [5.41, 5.74) is 7.67. The Kier molecular flexibility index (Phi) is 7.54. The van der Waals surface area contributed by atoms with E-state index in [1.165, 1.54) is 19.8 Å². The maximum atomic E-state index is 13.2. The Labute approximate surface area is 172 Å². The molecule has 3 rings (SSSR count). The van der Waals surface area contributed by atoms with Crippen LogP contribution in [0.5, 0.6) is 17.2 Å². The third kappa shape index (κ3) is 4.03. The molecule has 2 aromatic carbocycles. The van der Waals surface area contributed by atoms with Gasteiger partial charge < -0.3 is 24.8 Å². The van der Waals surface area contributed by atoms with Crippen molar-refractivity contribution in [3.63, 3.8) is 0 Å². The minimum absolute atomic E-state index is 0. The van der Waals surface area contributed by atoms with E-state index in [-0.39, 0.29) is 30.2 Å². The normalized spacial score (nSPS) is 18.4. The smallest absolute Gasteiger partial charge is 0.257 e. The molecule has 1 aliphatic rings. The summed E-state index contributed by atoms with van der Waals surface area (Å²) in [4.78, 5) is 15.1. The molecule has 152 valence electrons. The molecule has 6 nitrogen and oxygen atoms in total. The first kappa shape index (κ1) is 21.9. The first-order chi connectivity index (χ1) is 13.1. The van der Waals surface area contributed by atoms with E-state index >= 15 is 0 Å². The number of methoxy groups -OCH3 is 3. The van der Waals surface area contributed by atoms with Crippen LogP contribution >= 0.6 is 12.4 Å². The molecule has 0 bridgehead atoms. The Morgan fingerprint density at radius 3 is 2.25 bits per heavy atom. The van der Waals surface area contributed by atoms with Crippen LogP contribution in [0.4, 0.5) is 0 Å². The van der Waals surface area contributed by atoms with Crippen LogP contribution in [0.1, 0.15) is 21.8 Å². The highest BCUT2D eigenvalue weighted by Gasteiger charge is 2.37. The summed E-state index contributed by atoms with van der Waals surface area (Å²) in [5.74, 6) is 1.68. The van der Waals surface area contributed by atoms with E-state index in [0.717, 1.165) is 0 Å². The van der Waals surface area contributed by atoms with Gasteiger partial charge in [0, 0.05) is 19.0 Å². The predicted octanol–water partition coefficient (Wildman–Crippen LogP) is 2.95. The number of ether oxygens (including phenoxy) is 3. The highest BCUT2D eigenvalue weighted by molar-refractivity contribution is 5.98. The molecule has 0 spiro atoms. The van der Waals surface area contributed by atoms with E-state index < -0.39 is 0 Å². The molecule has 28 heavy (non-hydrogen) atoms. The van der Waals surface area contributed by atoms with Gasteiger partial charge in [0.15, 0.2) is 11.5 Å². The molecule has 0 aromatic heterocycles. The average Bonchev–Trinajstić information content (AvgIpc) is 3.17. The fourth-order valence-electron chi connectivity index (χ4n) is 3.79. The number of amides is 1. The molecule has 1 amide bonds. The molecule has 2 aromatic rings. The quantitative estimate of drug-likeness (QED) is 0.798. The van der Waals surface area contributed by atoms with Crippen LogP contribution in [0, 0.1) is 5.92 Å².